The molecule has 1 aromatic carbocycles. The van der Waals surface area contributed by atoms with Crippen LogP contribution in [0.5, 0.6) is 5.75 Å². The number of rotatable bonds is 6. The summed E-state index contributed by atoms with van der Waals surface area (Å²) in [7, 11) is 0. The molecule has 1 rings (SSSR count). The number of carbonyl (C=O) groups is 1. The Morgan fingerprint density at radius 1 is 1.47 bits per heavy atom. The van der Waals surface area contributed by atoms with Gasteiger partial charge in [-0.3, -0.25) is 4.79 Å². The van der Waals surface area contributed by atoms with E-state index in [2.05, 4.69) is 10.1 Å². The van der Waals surface area contributed by atoms with Crippen molar-refractivity contribution in [2.75, 3.05) is 11.9 Å². The first-order valence-electron chi connectivity index (χ1n) is 5.66. The third-order valence-corrected chi connectivity index (χ3v) is 2.37. The lowest BCUT2D eigenvalue weighted by molar-refractivity contribution is -0.116. The number of hydrogen-bond donors (Lipinski definition) is 2. The Kier molecular flexibility index (Phi) is 5.62. The first-order valence-corrected chi connectivity index (χ1v) is 5.66. The largest absolute Gasteiger partial charge is 0.432 e. The Bertz CT molecular complexity index is 441. The molecular weight excluding hydrogens is 261 g/mol. The van der Waals surface area contributed by atoms with Gasteiger partial charge in [0.05, 0.1) is 0 Å². The molecule has 19 heavy (non-hydrogen) atoms. The topological polar surface area (TPSA) is 64.4 Å². The van der Waals surface area contributed by atoms with Gasteiger partial charge in [0.15, 0.2) is 11.6 Å². The molecule has 7 heteroatoms. The Morgan fingerprint density at radius 3 is 2.68 bits per heavy atom. The molecule has 0 aliphatic carbocycles. The average Bonchev–Trinajstić information content (AvgIpc) is 2.32. The van der Waals surface area contributed by atoms with E-state index >= 15 is 0 Å². The van der Waals surface area contributed by atoms with E-state index in [9.17, 15) is 18.0 Å². The highest BCUT2D eigenvalue weighted by Crippen LogP contribution is 2.23. The maximum Gasteiger partial charge on any atom is 0.387 e. The lowest BCUT2D eigenvalue weighted by atomic mass is 10.1. The van der Waals surface area contributed by atoms with Gasteiger partial charge in [-0.2, -0.15) is 8.78 Å². The van der Waals surface area contributed by atoms with Gasteiger partial charge in [0.25, 0.3) is 0 Å². The van der Waals surface area contributed by atoms with Crippen molar-refractivity contribution in [3.63, 3.8) is 0 Å². The number of carbonyl (C=O) groups excluding carboxylic acids is 1. The molecule has 1 atom stereocenters. The fourth-order valence-electron chi connectivity index (χ4n) is 1.38. The standard InChI is InChI=1S/C12H15F3N2O2/c1-7(6-16)4-11(18)17-8-2-3-10(9(13)5-8)19-12(14)15/h2-3,5,7,12H,4,6,16H2,1H3,(H,17,18). The van der Waals surface area contributed by atoms with Crippen LogP contribution < -0.4 is 15.8 Å². The highest BCUT2D eigenvalue weighted by Gasteiger charge is 2.12. The van der Waals surface area contributed by atoms with Crippen LogP contribution in [0.15, 0.2) is 18.2 Å². The van der Waals surface area contributed by atoms with Crippen molar-refractivity contribution in [3.05, 3.63) is 24.0 Å². The summed E-state index contributed by atoms with van der Waals surface area (Å²) in [6, 6.07) is 3.23. The molecule has 3 N–H and O–H groups in total. The van der Waals surface area contributed by atoms with Crippen LogP contribution in [0.4, 0.5) is 18.9 Å². The van der Waals surface area contributed by atoms with E-state index in [4.69, 9.17) is 5.73 Å². The van der Waals surface area contributed by atoms with Crippen LogP contribution >= 0.6 is 0 Å². The van der Waals surface area contributed by atoms with E-state index in [1.165, 1.54) is 6.07 Å². The van der Waals surface area contributed by atoms with E-state index < -0.39 is 18.2 Å². The zero-order valence-electron chi connectivity index (χ0n) is 10.3. The van der Waals surface area contributed by atoms with E-state index in [0.29, 0.717) is 6.54 Å². The van der Waals surface area contributed by atoms with Gasteiger partial charge in [-0.25, -0.2) is 4.39 Å². The molecule has 1 amide bonds. The van der Waals surface area contributed by atoms with E-state index in [1.807, 2.05) is 0 Å². The minimum Gasteiger partial charge on any atom is -0.432 e. The van der Waals surface area contributed by atoms with Gasteiger partial charge in [-0.05, 0) is 24.6 Å². The monoisotopic (exact) mass is 276 g/mol. The molecule has 1 aromatic rings. The first kappa shape index (κ1) is 15.3. The molecule has 0 radical (unpaired) electrons. The number of ether oxygens (including phenoxy) is 1. The van der Waals surface area contributed by atoms with Crippen molar-refractivity contribution in [3.8, 4) is 5.75 Å². The third-order valence-electron chi connectivity index (χ3n) is 2.37. The number of nitrogens with one attached hydrogen (secondary N) is 1. The fraction of sp³-hybridized carbons (Fsp3) is 0.417. The van der Waals surface area contributed by atoms with Gasteiger partial charge in [-0.1, -0.05) is 6.92 Å². The average molecular weight is 276 g/mol. The number of anilines is 1. The predicted octanol–water partition coefficient (Wildman–Crippen LogP) is 2.35. The maximum absolute atomic E-state index is 13.4. The maximum atomic E-state index is 13.4. The van der Waals surface area contributed by atoms with E-state index in [0.717, 1.165) is 12.1 Å². The molecule has 0 aliphatic rings. The van der Waals surface area contributed by atoms with Gasteiger partial charge < -0.3 is 15.8 Å². The summed E-state index contributed by atoms with van der Waals surface area (Å²) >= 11 is 0. The van der Waals surface area contributed by atoms with Crippen molar-refractivity contribution >= 4 is 11.6 Å². The third kappa shape index (κ3) is 5.17. The summed E-state index contributed by atoms with van der Waals surface area (Å²) in [6.07, 6.45) is 0.202. The summed E-state index contributed by atoms with van der Waals surface area (Å²) in [5, 5.41) is 2.45. The molecule has 106 valence electrons. The summed E-state index contributed by atoms with van der Waals surface area (Å²) in [6.45, 7) is -0.928. The second-order valence-corrected chi connectivity index (χ2v) is 4.12. The van der Waals surface area contributed by atoms with Gasteiger partial charge in [-0.15, -0.1) is 0 Å². The molecular formula is C12H15F3N2O2. The normalized spacial score (nSPS) is 12.3. The molecule has 0 bridgehead atoms. The highest BCUT2D eigenvalue weighted by molar-refractivity contribution is 5.90. The fourth-order valence-corrected chi connectivity index (χ4v) is 1.38. The van der Waals surface area contributed by atoms with E-state index in [1.54, 1.807) is 6.92 Å². The minimum atomic E-state index is -3.10. The first-order chi connectivity index (χ1) is 8.92. The minimum absolute atomic E-state index is 0.00582. The Balaban J connectivity index is 2.65. The van der Waals surface area contributed by atoms with Gasteiger partial charge in [0, 0.05) is 18.2 Å². The molecule has 0 aliphatic heterocycles. The van der Waals surface area contributed by atoms with Crippen LogP contribution in [0.25, 0.3) is 0 Å². The van der Waals surface area contributed by atoms with Crippen LogP contribution in [-0.2, 0) is 4.79 Å². The Labute approximate surface area is 108 Å². The molecule has 0 aromatic heterocycles. The number of benzene rings is 1. The second-order valence-electron chi connectivity index (χ2n) is 4.12. The van der Waals surface area contributed by atoms with Crippen molar-refractivity contribution in [2.24, 2.45) is 11.7 Å². The molecule has 0 saturated carbocycles. The predicted molar refractivity (Wildman–Crippen MR) is 64.5 cm³/mol. The number of nitrogens with two attached hydrogens (primary N) is 1. The number of alkyl halides is 2. The van der Waals surface area contributed by atoms with Gasteiger partial charge in [0.1, 0.15) is 0 Å². The van der Waals surface area contributed by atoms with Crippen LogP contribution in [0.3, 0.4) is 0 Å². The zero-order valence-corrected chi connectivity index (χ0v) is 10.3. The van der Waals surface area contributed by atoms with Crippen LogP contribution in [0.1, 0.15) is 13.3 Å². The SMILES string of the molecule is CC(CN)CC(=O)Nc1ccc(OC(F)F)c(F)c1. The van der Waals surface area contributed by atoms with Crippen LogP contribution in [0.2, 0.25) is 0 Å². The highest BCUT2D eigenvalue weighted by atomic mass is 19.3. The number of amides is 1. The molecule has 0 heterocycles. The lowest BCUT2D eigenvalue weighted by Gasteiger charge is -2.10. The van der Waals surface area contributed by atoms with Gasteiger partial charge >= 0.3 is 6.61 Å². The molecule has 0 fully saturated rings. The number of halogens is 3. The molecule has 4 nitrogen and oxygen atoms in total. The molecule has 0 spiro atoms. The quantitative estimate of drug-likeness (QED) is 0.838. The summed E-state index contributed by atoms with van der Waals surface area (Å²) < 4.78 is 41.2. The van der Waals surface area contributed by atoms with Crippen molar-refractivity contribution < 1.29 is 22.7 Å². The smallest absolute Gasteiger partial charge is 0.387 e. The van der Waals surface area contributed by atoms with Crippen molar-refractivity contribution in [1.29, 1.82) is 0 Å². The zero-order chi connectivity index (χ0) is 14.4. The number of hydrogen-bond acceptors (Lipinski definition) is 3. The lowest BCUT2D eigenvalue weighted by Crippen LogP contribution is -2.20. The second kappa shape index (κ2) is 6.98. The summed E-state index contributed by atoms with van der Waals surface area (Å²) in [5.41, 5.74) is 5.55. The van der Waals surface area contributed by atoms with Crippen molar-refractivity contribution in [1.82, 2.24) is 0 Å². The molecule has 0 saturated heterocycles. The van der Waals surface area contributed by atoms with Gasteiger partial charge in [0.2, 0.25) is 5.91 Å². The molecule has 1 unspecified atom stereocenters. The van der Waals surface area contributed by atoms with Crippen LogP contribution in [-0.4, -0.2) is 19.1 Å². The summed E-state index contributed by atoms with van der Waals surface area (Å²) in [4.78, 5) is 11.5. The summed E-state index contributed by atoms with van der Waals surface area (Å²) in [5.74, 6) is -1.85. The van der Waals surface area contributed by atoms with E-state index in [-0.39, 0.29) is 23.9 Å². The Morgan fingerprint density at radius 2 is 2.16 bits per heavy atom. The van der Waals surface area contributed by atoms with Crippen LogP contribution in [0, 0.1) is 11.7 Å². The van der Waals surface area contributed by atoms with Crippen molar-refractivity contribution in [2.45, 2.75) is 20.0 Å². The Hall–Kier alpha value is -1.76.